The minimum Gasteiger partial charge on any atom is -0.393 e. The average molecular weight is 213 g/mol. The van der Waals surface area contributed by atoms with Crippen LogP contribution in [0.4, 0.5) is 11.4 Å². The summed E-state index contributed by atoms with van der Waals surface area (Å²) in [4.78, 5) is 10.2. The summed E-state index contributed by atoms with van der Waals surface area (Å²) in [7, 11) is 0. The highest BCUT2D eigenvalue weighted by Gasteiger charge is 2.17. The van der Waals surface area contributed by atoms with Crippen molar-refractivity contribution in [1.82, 2.24) is 0 Å². The van der Waals surface area contributed by atoms with Gasteiger partial charge in [-0.25, -0.2) is 0 Å². The predicted molar refractivity (Wildman–Crippen MR) is 59.7 cm³/mol. The number of nitriles is 1. The molecule has 0 amide bonds. The second-order valence-electron chi connectivity index (χ2n) is 3.27. The number of nitrogen functional groups attached to an aromatic ring is 1. The third-order valence-corrected chi connectivity index (χ3v) is 2.38. The van der Waals surface area contributed by atoms with Gasteiger partial charge in [0, 0.05) is 16.8 Å². The molecule has 0 spiro atoms. The monoisotopic (exact) mass is 213 g/mol. The molecule has 0 fully saturated rings. The van der Waals surface area contributed by atoms with Gasteiger partial charge >= 0.3 is 0 Å². The number of nitro groups is 1. The largest absolute Gasteiger partial charge is 0.393 e. The van der Waals surface area contributed by atoms with Gasteiger partial charge in [0.1, 0.15) is 11.8 Å². The number of nitrogens with zero attached hydrogens (tertiary/aromatic N) is 2. The summed E-state index contributed by atoms with van der Waals surface area (Å²) >= 11 is 0. The number of hydrogen-bond acceptors (Lipinski definition) is 4. The van der Waals surface area contributed by atoms with Crippen LogP contribution in [0.25, 0.3) is 10.8 Å². The molecule has 0 radical (unpaired) electrons. The number of rotatable bonds is 1. The fourth-order valence-electron chi connectivity index (χ4n) is 1.63. The van der Waals surface area contributed by atoms with Crippen LogP contribution in [0.2, 0.25) is 0 Å². The first-order valence-electron chi connectivity index (χ1n) is 4.51. The van der Waals surface area contributed by atoms with Crippen LogP contribution in [-0.4, -0.2) is 4.92 Å². The van der Waals surface area contributed by atoms with Gasteiger partial charge in [0.2, 0.25) is 0 Å². The Bertz CT molecular complexity index is 629. The lowest BCUT2D eigenvalue weighted by molar-refractivity contribution is -0.383. The Labute approximate surface area is 90.9 Å². The summed E-state index contributed by atoms with van der Waals surface area (Å²) in [5.74, 6) is 0. The van der Waals surface area contributed by atoms with E-state index in [0.29, 0.717) is 10.8 Å². The molecule has 16 heavy (non-hydrogen) atoms. The van der Waals surface area contributed by atoms with Gasteiger partial charge in [-0.15, -0.1) is 0 Å². The third kappa shape index (κ3) is 1.33. The number of fused-ring (bicyclic) bond motifs is 1. The van der Waals surface area contributed by atoms with E-state index in [1.54, 1.807) is 24.3 Å². The highest BCUT2D eigenvalue weighted by atomic mass is 16.6. The Morgan fingerprint density at radius 3 is 2.50 bits per heavy atom. The van der Waals surface area contributed by atoms with E-state index in [-0.39, 0.29) is 16.9 Å². The molecule has 0 aliphatic rings. The molecule has 5 nitrogen and oxygen atoms in total. The van der Waals surface area contributed by atoms with Crippen molar-refractivity contribution < 1.29 is 4.92 Å². The molecule has 0 bridgehead atoms. The first-order chi connectivity index (χ1) is 7.65. The van der Waals surface area contributed by atoms with Gasteiger partial charge in [-0.05, 0) is 0 Å². The normalized spacial score (nSPS) is 9.94. The summed E-state index contributed by atoms with van der Waals surface area (Å²) in [6, 6.07) is 10.0. The van der Waals surface area contributed by atoms with Crippen molar-refractivity contribution in [2.45, 2.75) is 0 Å². The van der Waals surface area contributed by atoms with E-state index >= 15 is 0 Å². The van der Waals surface area contributed by atoms with Crippen LogP contribution in [0.3, 0.4) is 0 Å². The Balaban J connectivity index is 2.95. The summed E-state index contributed by atoms with van der Waals surface area (Å²) in [5.41, 5.74) is 5.82. The van der Waals surface area contributed by atoms with Gasteiger partial charge < -0.3 is 5.73 Å². The SMILES string of the molecule is N#Cc1cc([N+](=O)[O-])c(N)c2ccccc12. The topological polar surface area (TPSA) is 92.9 Å². The molecule has 0 aliphatic heterocycles. The number of nitrogens with two attached hydrogens (primary N) is 1. The molecule has 0 saturated heterocycles. The maximum Gasteiger partial charge on any atom is 0.294 e. The lowest BCUT2D eigenvalue weighted by atomic mass is 10.0. The van der Waals surface area contributed by atoms with Crippen molar-refractivity contribution in [3.8, 4) is 6.07 Å². The van der Waals surface area contributed by atoms with Crippen molar-refractivity contribution in [3.05, 3.63) is 46.0 Å². The van der Waals surface area contributed by atoms with Crippen LogP contribution in [0, 0.1) is 21.4 Å². The fraction of sp³-hybridized carbons (Fsp3) is 0. The lowest BCUT2D eigenvalue weighted by Crippen LogP contribution is -1.98. The molecule has 0 aromatic heterocycles. The van der Waals surface area contributed by atoms with Gasteiger partial charge in [0.05, 0.1) is 10.5 Å². The quantitative estimate of drug-likeness (QED) is 0.446. The Hall–Kier alpha value is -2.61. The van der Waals surface area contributed by atoms with Crippen LogP contribution < -0.4 is 5.73 Å². The summed E-state index contributed by atoms with van der Waals surface area (Å²) in [5, 5.41) is 20.8. The lowest BCUT2D eigenvalue weighted by Gasteiger charge is -2.04. The number of anilines is 1. The smallest absolute Gasteiger partial charge is 0.294 e. The van der Waals surface area contributed by atoms with Crippen molar-refractivity contribution in [2.24, 2.45) is 0 Å². The van der Waals surface area contributed by atoms with Crippen molar-refractivity contribution in [3.63, 3.8) is 0 Å². The van der Waals surface area contributed by atoms with E-state index in [1.807, 2.05) is 6.07 Å². The summed E-state index contributed by atoms with van der Waals surface area (Å²) in [6.45, 7) is 0. The van der Waals surface area contributed by atoms with Crippen LogP contribution in [-0.2, 0) is 0 Å². The summed E-state index contributed by atoms with van der Waals surface area (Å²) < 4.78 is 0. The maximum absolute atomic E-state index is 10.7. The maximum atomic E-state index is 10.7. The minimum absolute atomic E-state index is 0.0969. The van der Waals surface area contributed by atoms with E-state index in [4.69, 9.17) is 11.0 Å². The van der Waals surface area contributed by atoms with Gasteiger partial charge in [-0.2, -0.15) is 5.26 Å². The van der Waals surface area contributed by atoms with Crippen molar-refractivity contribution >= 4 is 22.1 Å². The van der Waals surface area contributed by atoms with Crippen molar-refractivity contribution in [2.75, 3.05) is 5.73 Å². The number of benzene rings is 2. The van der Waals surface area contributed by atoms with Crippen LogP contribution in [0.1, 0.15) is 5.56 Å². The average Bonchev–Trinajstić information content (AvgIpc) is 2.29. The van der Waals surface area contributed by atoms with Crippen LogP contribution in [0.5, 0.6) is 0 Å². The molecular formula is C11H7N3O2. The van der Waals surface area contributed by atoms with Gasteiger partial charge in [-0.1, -0.05) is 24.3 Å². The fourth-order valence-corrected chi connectivity index (χ4v) is 1.63. The third-order valence-electron chi connectivity index (χ3n) is 2.38. The predicted octanol–water partition coefficient (Wildman–Crippen LogP) is 2.20. The zero-order valence-electron chi connectivity index (χ0n) is 8.18. The number of hydrogen-bond donors (Lipinski definition) is 1. The molecule has 2 rings (SSSR count). The first kappa shape index (κ1) is 9.93. The van der Waals surface area contributed by atoms with E-state index < -0.39 is 4.92 Å². The second kappa shape index (κ2) is 3.51. The molecule has 2 aromatic rings. The Kier molecular flexibility index (Phi) is 2.18. The molecule has 0 aliphatic carbocycles. The van der Waals surface area contributed by atoms with Crippen molar-refractivity contribution in [1.29, 1.82) is 5.26 Å². The molecule has 78 valence electrons. The number of nitro benzene ring substituents is 1. The summed E-state index contributed by atoms with van der Waals surface area (Å²) in [6.07, 6.45) is 0. The molecule has 2 N–H and O–H groups in total. The van der Waals surface area contributed by atoms with E-state index in [2.05, 4.69) is 0 Å². The van der Waals surface area contributed by atoms with Gasteiger partial charge in [0.25, 0.3) is 5.69 Å². The standard InChI is InChI=1S/C11H7N3O2/c12-6-7-5-10(14(15)16)11(13)9-4-2-1-3-8(7)9/h1-5H,13H2. The van der Waals surface area contributed by atoms with Gasteiger partial charge in [0.15, 0.2) is 0 Å². The van der Waals surface area contributed by atoms with Gasteiger partial charge in [-0.3, -0.25) is 10.1 Å². The molecule has 0 atom stereocenters. The second-order valence-corrected chi connectivity index (χ2v) is 3.27. The van der Waals surface area contributed by atoms with Crippen LogP contribution in [0.15, 0.2) is 30.3 Å². The zero-order chi connectivity index (χ0) is 11.7. The van der Waals surface area contributed by atoms with E-state index in [1.165, 1.54) is 6.07 Å². The molecule has 5 heteroatoms. The zero-order valence-corrected chi connectivity index (χ0v) is 8.18. The molecular weight excluding hydrogens is 206 g/mol. The molecule has 0 heterocycles. The Morgan fingerprint density at radius 1 is 1.31 bits per heavy atom. The molecule has 2 aromatic carbocycles. The van der Waals surface area contributed by atoms with Crippen LogP contribution >= 0.6 is 0 Å². The van der Waals surface area contributed by atoms with E-state index in [0.717, 1.165) is 0 Å². The molecule has 0 saturated carbocycles. The first-order valence-corrected chi connectivity index (χ1v) is 4.51. The van der Waals surface area contributed by atoms with E-state index in [9.17, 15) is 10.1 Å². The highest BCUT2D eigenvalue weighted by molar-refractivity contribution is 6.00. The highest BCUT2D eigenvalue weighted by Crippen LogP contribution is 2.32. The minimum atomic E-state index is -0.581. The molecule has 0 unspecified atom stereocenters. The Morgan fingerprint density at radius 2 is 1.94 bits per heavy atom.